The van der Waals surface area contributed by atoms with E-state index < -0.39 is 35.4 Å². The van der Waals surface area contributed by atoms with E-state index in [0.717, 1.165) is 10.5 Å². The van der Waals surface area contributed by atoms with Crippen molar-refractivity contribution in [3.05, 3.63) is 35.9 Å². The van der Waals surface area contributed by atoms with Gasteiger partial charge in [0.25, 0.3) is 5.91 Å². The van der Waals surface area contributed by atoms with E-state index in [2.05, 4.69) is 10.6 Å². The van der Waals surface area contributed by atoms with E-state index in [0.29, 0.717) is 0 Å². The molecule has 1 aromatic carbocycles. The highest BCUT2D eigenvalue weighted by atomic mass is 16.4. The summed E-state index contributed by atoms with van der Waals surface area (Å²) in [6.07, 6.45) is 0.119. The number of rotatable bonds is 7. The Balaban J connectivity index is 2.08. The summed E-state index contributed by atoms with van der Waals surface area (Å²) in [5, 5.41) is 13.8. The van der Waals surface area contributed by atoms with E-state index in [9.17, 15) is 19.2 Å². The van der Waals surface area contributed by atoms with E-state index in [4.69, 9.17) is 5.11 Å². The van der Waals surface area contributed by atoms with Crippen LogP contribution in [0.1, 0.15) is 38.3 Å². The van der Waals surface area contributed by atoms with Crippen molar-refractivity contribution >= 4 is 23.8 Å². The first-order chi connectivity index (χ1) is 11.7. The van der Waals surface area contributed by atoms with E-state index >= 15 is 0 Å². The molecule has 0 saturated carbocycles. The standard InChI is InChI=1S/C17H21N3O5/c1-17(2)15(24)19-16(25)20(17)10-13(21)18-12(8-9-14(22)23)11-6-4-3-5-7-11/h3-7,12H,8-10H2,1-2H3,(H,18,21)(H,22,23)(H,19,24,25)/t12-/m0/s1. The minimum absolute atomic E-state index is 0.103. The predicted octanol–water partition coefficient (Wildman–Crippen LogP) is 1.04. The normalized spacial score (nSPS) is 17.1. The molecule has 1 heterocycles. The smallest absolute Gasteiger partial charge is 0.325 e. The van der Waals surface area contributed by atoms with Gasteiger partial charge in [-0.05, 0) is 25.8 Å². The molecule has 1 aliphatic heterocycles. The van der Waals surface area contributed by atoms with Gasteiger partial charge in [0.15, 0.2) is 0 Å². The maximum Gasteiger partial charge on any atom is 0.325 e. The summed E-state index contributed by atoms with van der Waals surface area (Å²) in [7, 11) is 0. The fraction of sp³-hybridized carbons (Fsp3) is 0.412. The van der Waals surface area contributed by atoms with Gasteiger partial charge in [0.05, 0.1) is 6.04 Å². The Morgan fingerprint density at radius 3 is 2.40 bits per heavy atom. The highest BCUT2D eigenvalue weighted by Crippen LogP contribution is 2.22. The Morgan fingerprint density at radius 2 is 1.88 bits per heavy atom. The quantitative estimate of drug-likeness (QED) is 0.637. The Hall–Kier alpha value is -2.90. The summed E-state index contributed by atoms with van der Waals surface area (Å²) in [6.45, 7) is 2.82. The number of urea groups is 1. The number of imide groups is 1. The van der Waals surface area contributed by atoms with Gasteiger partial charge < -0.3 is 15.3 Å². The number of hydrogen-bond donors (Lipinski definition) is 3. The van der Waals surface area contributed by atoms with Crippen LogP contribution >= 0.6 is 0 Å². The molecular formula is C17H21N3O5. The molecule has 2 rings (SSSR count). The third-order valence-corrected chi connectivity index (χ3v) is 4.18. The van der Waals surface area contributed by atoms with Crippen LogP contribution in [-0.4, -0.2) is 45.9 Å². The number of carboxylic acids is 1. The van der Waals surface area contributed by atoms with Crippen LogP contribution in [0.3, 0.4) is 0 Å². The van der Waals surface area contributed by atoms with Crippen molar-refractivity contribution in [2.75, 3.05) is 6.54 Å². The molecule has 3 N–H and O–H groups in total. The molecule has 0 aliphatic carbocycles. The van der Waals surface area contributed by atoms with Crippen LogP contribution in [0.15, 0.2) is 30.3 Å². The molecule has 8 heteroatoms. The lowest BCUT2D eigenvalue weighted by molar-refractivity contribution is -0.137. The molecule has 4 amide bonds. The second kappa shape index (κ2) is 7.33. The maximum atomic E-state index is 12.4. The zero-order chi connectivity index (χ0) is 18.6. The summed E-state index contributed by atoms with van der Waals surface area (Å²) in [6, 6.07) is 7.89. The van der Waals surface area contributed by atoms with E-state index in [1.54, 1.807) is 38.1 Å². The van der Waals surface area contributed by atoms with Gasteiger partial charge in [0, 0.05) is 6.42 Å². The lowest BCUT2D eigenvalue weighted by Crippen LogP contribution is -2.49. The van der Waals surface area contributed by atoms with Crippen molar-refractivity contribution < 1.29 is 24.3 Å². The summed E-state index contributed by atoms with van der Waals surface area (Å²) in [5.41, 5.74) is -0.337. The molecule has 0 unspecified atom stereocenters. The highest BCUT2D eigenvalue weighted by molar-refractivity contribution is 6.07. The number of benzene rings is 1. The lowest BCUT2D eigenvalue weighted by Gasteiger charge is -2.28. The molecule has 25 heavy (non-hydrogen) atoms. The van der Waals surface area contributed by atoms with Gasteiger partial charge in [-0.3, -0.25) is 19.7 Å². The third kappa shape index (κ3) is 4.34. The van der Waals surface area contributed by atoms with Crippen LogP contribution in [-0.2, 0) is 14.4 Å². The summed E-state index contributed by atoms with van der Waals surface area (Å²) >= 11 is 0. The number of carbonyl (C=O) groups is 4. The van der Waals surface area contributed by atoms with Crippen molar-refractivity contribution in [3.8, 4) is 0 Å². The first-order valence-corrected chi connectivity index (χ1v) is 7.91. The number of amides is 4. The Kier molecular flexibility index (Phi) is 5.41. The molecule has 8 nitrogen and oxygen atoms in total. The Bertz CT molecular complexity index is 687. The second-order valence-corrected chi connectivity index (χ2v) is 6.37. The number of nitrogens with one attached hydrogen (secondary N) is 2. The van der Waals surface area contributed by atoms with Crippen molar-refractivity contribution in [1.29, 1.82) is 0 Å². The maximum absolute atomic E-state index is 12.4. The van der Waals surface area contributed by atoms with Crippen molar-refractivity contribution in [3.63, 3.8) is 0 Å². The van der Waals surface area contributed by atoms with Gasteiger partial charge in [-0.1, -0.05) is 30.3 Å². The topological polar surface area (TPSA) is 116 Å². The molecule has 0 radical (unpaired) electrons. The van der Waals surface area contributed by atoms with Crippen LogP contribution < -0.4 is 10.6 Å². The fourth-order valence-electron chi connectivity index (χ4n) is 2.62. The van der Waals surface area contributed by atoms with Gasteiger partial charge in [0.2, 0.25) is 5.91 Å². The molecule has 1 atom stereocenters. The third-order valence-electron chi connectivity index (χ3n) is 4.18. The first kappa shape index (κ1) is 18.4. The lowest BCUT2D eigenvalue weighted by atomic mass is 10.0. The van der Waals surface area contributed by atoms with Crippen LogP contribution in [0.4, 0.5) is 4.79 Å². The highest BCUT2D eigenvalue weighted by Gasteiger charge is 2.46. The van der Waals surface area contributed by atoms with E-state index in [1.807, 2.05) is 6.07 Å². The number of aliphatic carboxylic acids is 1. The van der Waals surface area contributed by atoms with Crippen molar-refractivity contribution in [1.82, 2.24) is 15.5 Å². The zero-order valence-electron chi connectivity index (χ0n) is 14.1. The molecule has 134 valence electrons. The van der Waals surface area contributed by atoms with Crippen molar-refractivity contribution in [2.45, 2.75) is 38.3 Å². The number of hydrogen-bond acceptors (Lipinski definition) is 4. The van der Waals surface area contributed by atoms with Crippen molar-refractivity contribution in [2.24, 2.45) is 0 Å². The first-order valence-electron chi connectivity index (χ1n) is 7.91. The zero-order valence-corrected chi connectivity index (χ0v) is 14.1. The number of carboxylic acid groups (broad SMARTS) is 1. The van der Waals surface area contributed by atoms with E-state index in [-0.39, 0.29) is 19.4 Å². The van der Waals surface area contributed by atoms with Gasteiger partial charge >= 0.3 is 12.0 Å². The predicted molar refractivity (Wildman–Crippen MR) is 88.5 cm³/mol. The molecule has 0 spiro atoms. The Labute approximate surface area is 145 Å². The number of carbonyl (C=O) groups excluding carboxylic acids is 3. The average Bonchev–Trinajstić information content (AvgIpc) is 2.74. The van der Waals surface area contributed by atoms with Crippen LogP contribution in [0.5, 0.6) is 0 Å². The van der Waals surface area contributed by atoms with Gasteiger partial charge in [-0.15, -0.1) is 0 Å². The molecular weight excluding hydrogens is 326 g/mol. The molecule has 1 aliphatic rings. The SMILES string of the molecule is CC1(C)C(=O)NC(=O)N1CC(=O)N[C@@H](CCC(=O)O)c1ccccc1. The minimum Gasteiger partial charge on any atom is -0.481 e. The largest absolute Gasteiger partial charge is 0.481 e. The molecule has 1 fully saturated rings. The minimum atomic E-state index is -1.11. The van der Waals surface area contributed by atoms with Crippen LogP contribution in [0.2, 0.25) is 0 Å². The second-order valence-electron chi connectivity index (χ2n) is 6.37. The summed E-state index contributed by atoms with van der Waals surface area (Å²) < 4.78 is 0. The van der Waals surface area contributed by atoms with Gasteiger partial charge in [-0.25, -0.2) is 4.79 Å². The Morgan fingerprint density at radius 1 is 1.24 bits per heavy atom. The van der Waals surface area contributed by atoms with Gasteiger partial charge in [-0.2, -0.15) is 0 Å². The summed E-state index contributed by atoms with van der Waals surface area (Å²) in [4.78, 5) is 48.0. The van der Waals surface area contributed by atoms with Crippen LogP contribution in [0.25, 0.3) is 0 Å². The molecule has 0 aromatic heterocycles. The average molecular weight is 347 g/mol. The van der Waals surface area contributed by atoms with Gasteiger partial charge in [0.1, 0.15) is 12.1 Å². The molecule has 1 saturated heterocycles. The van der Waals surface area contributed by atoms with Crippen LogP contribution in [0, 0.1) is 0 Å². The molecule has 0 bridgehead atoms. The summed E-state index contributed by atoms with van der Waals surface area (Å²) in [5.74, 6) is -1.88. The monoisotopic (exact) mass is 347 g/mol. The fourth-order valence-corrected chi connectivity index (χ4v) is 2.62. The molecule has 1 aromatic rings. The number of nitrogens with zero attached hydrogens (tertiary/aromatic N) is 1. The van der Waals surface area contributed by atoms with E-state index in [1.165, 1.54) is 0 Å².